The van der Waals surface area contributed by atoms with Crippen molar-refractivity contribution in [2.24, 2.45) is 5.73 Å². The van der Waals surface area contributed by atoms with Crippen LogP contribution < -0.4 is 5.73 Å². The number of rotatable bonds is 1. The zero-order chi connectivity index (χ0) is 9.42. The lowest BCUT2D eigenvalue weighted by Crippen LogP contribution is -2.07. The molecule has 0 fully saturated rings. The number of benzene rings is 1. The molecule has 1 aliphatic rings. The first kappa shape index (κ1) is 8.73. The lowest BCUT2D eigenvalue weighted by atomic mass is 10.0. The number of nitrogens with zero attached hydrogens (tertiary/aromatic N) is 1. The van der Waals surface area contributed by atoms with Gasteiger partial charge >= 0.3 is 0 Å². The molecule has 13 heavy (non-hydrogen) atoms. The highest BCUT2D eigenvalue weighted by molar-refractivity contribution is 5.35. The van der Waals surface area contributed by atoms with Gasteiger partial charge in [0, 0.05) is 19.1 Å². The maximum absolute atomic E-state index is 5.83. The zero-order valence-electron chi connectivity index (χ0n) is 8.25. The Bertz CT molecular complexity index is 318. The first-order valence-electron chi connectivity index (χ1n) is 4.72. The summed E-state index contributed by atoms with van der Waals surface area (Å²) in [6.45, 7) is 4.17. The molecule has 0 amide bonds. The topological polar surface area (TPSA) is 29.3 Å². The van der Waals surface area contributed by atoms with Crippen LogP contribution in [0.25, 0.3) is 0 Å². The average Bonchev–Trinajstić information content (AvgIpc) is 2.42. The van der Waals surface area contributed by atoms with Gasteiger partial charge in [-0.2, -0.15) is 0 Å². The summed E-state index contributed by atoms with van der Waals surface area (Å²) in [6, 6.07) is 6.74. The largest absolute Gasteiger partial charge is 0.324 e. The van der Waals surface area contributed by atoms with E-state index in [-0.39, 0.29) is 6.04 Å². The molecule has 0 saturated carbocycles. The maximum Gasteiger partial charge on any atom is 0.0266 e. The lowest BCUT2D eigenvalue weighted by Gasteiger charge is -2.07. The van der Waals surface area contributed by atoms with Crippen LogP contribution in [-0.4, -0.2) is 11.9 Å². The highest BCUT2D eigenvalue weighted by Crippen LogP contribution is 2.24. The minimum atomic E-state index is 0.149. The van der Waals surface area contributed by atoms with Crippen LogP contribution in [0, 0.1) is 0 Å². The van der Waals surface area contributed by atoms with Crippen LogP contribution in [-0.2, 0) is 13.1 Å². The lowest BCUT2D eigenvalue weighted by molar-refractivity contribution is 0.353. The molecule has 70 valence electrons. The van der Waals surface area contributed by atoms with Gasteiger partial charge in [-0.05, 0) is 30.7 Å². The van der Waals surface area contributed by atoms with Crippen molar-refractivity contribution in [1.29, 1.82) is 0 Å². The van der Waals surface area contributed by atoms with E-state index in [0.29, 0.717) is 0 Å². The summed E-state index contributed by atoms with van der Waals surface area (Å²) in [5, 5.41) is 0. The Kier molecular flexibility index (Phi) is 2.10. The second kappa shape index (κ2) is 3.13. The van der Waals surface area contributed by atoms with Crippen LogP contribution in [0.5, 0.6) is 0 Å². The van der Waals surface area contributed by atoms with Crippen LogP contribution >= 0.6 is 0 Å². The Morgan fingerprint density at radius 3 is 2.69 bits per heavy atom. The van der Waals surface area contributed by atoms with Gasteiger partial charge in [-0.3, -0.25) is 4.90 Å². The normalized spacial score (nSPS) is 18.7. The molecule has 1 unspecified atom stereocenters. The smallest absolute Gasteiger partial charge is 0.0266 e. The predicted octanol–water partition coefficient (Wildman–Crippen LogP) is 1.65. The van der Waals surface area contributed by atoms with E-state index >= 15 is 0 Å². The third kappa shape index (κ3) is 1.60. The minimum Gasteiger partial charge on any atom is -0.324 e. The maximum atomic E-state index is 5.83. The summed E-state index contributed by atoms with van der Waals surface area (Å²) in [4.78, 5) is 2.32. The fraction of sp³-hybridized carbons (Fsp3) is 0.455. The fourth-order valence-electron chi connectivity index (χ4n) is 1.87. The van der Waals surface area contributed by atoms with Crippen molar-refractivity contribution in [3.05, 3.63) is 34.9 Å². The second-order valence-electron chi connectivity index (χ2n) is 3.99. The number of hydrogen-bond donors (Lipinski definition) is 1. The van der Waals surface area contributed by atoms with Crippen LogP contribution in [0.15, 0.2) is 18.2 Å². The highest BCUT2D eigenvalue weighted by atomic mass is 15.1. The van der Waals surface area contributed by atoms with Crippen molar-refractivity contribution in [2.75, 3.05) is 7.05 Å². The Morgan fingerprint density at radius 1 is 1.31 bits per heavy atom. The molecule has 0 saturated heterocycles. The fourth-order valence-corrected chi connectivity index (χ4v) is 1.87. The van der Waals surface area contributed by atoms with Crippen molar-refractivity contribution in [3.8, 4) is 0 Å². The Morgan fingerprint density at radius 2 is 2.00 bits per heavy atom. The van der Waals surface area contributed by atoms with Gasteiger partial charge in [0.2, 0.25) is 0 Å². The monoisotopic (exact) mass is 176 g/mol. The molecular weight excluding hydrogens is 160 g/mol. The van der Waals surface area contributed by atoms with Crippen molar-refractivity contribution in [3.63, 3.8) is 0 Å². The van der Waals surface area contributed by atoms with Crippen molar-refractivity contribution < 1.29 is 0 Å². The number of nitrogens with two attached hydrogens (primary N) is 1. The van der Waals surface area contributed by atoms with Gasteiger partial charge in [0.1, 0.15) is 0 Å². The molecule has 2 N–H and O–H groups in total. The quantitative estimate of drug-likeness (QED) is 0.705. The first-order chi connectivity index (χ1) is 6.16. The molecule has 1 heterocycles. The molecule has 1 aliphatic heterocycles. The molecule has 0 spiro atoms. The van der Waals surface area contributed by atoms with E-state index in [0.717, 1.165) is 13.1 Å². The van der Waals surface area contributed by atoms with E-state index in [1.807, 2.05) is 6.92 Å². The van der Waals surface area contributed by atoms with Crippen molar-refractivity contribution >= 4 is 0 Å². The minimum absolute atomic E-state index is 0.149. The molecule has 0 bridgehead atoms. The Labute approximate surface area is 79.4 Å². The zero-order valence-corrected chi connectivity index (χ0v) is 8.25. The molecule has 2 nitrogen and oxygen atoms in total. The second-order valence-corrected chi connectivity index (χ2v) is 3.99. The highest BCUT2D eigenvalue weighted by Gasteiger charge is 2.15. The standard InChI is InChI=1S/C11H16N2/c1-8(12)9-3-4-10-6-13(2)7-11(10)5-9/h3-5,8H,6-7,12H2,1-2H3. The Balaban J connectivity index is 2.35. The van der Waals surface area contributed by atoms with Gasteiger partial charge in [0.15, 0.2) is 0 Å². The van der Waals surface area contributed by atoms with Gasteiger partial charge in [-0.25, -0.2) is 0 Å². The van der Waals surface area contributed by atoms with Gasteiger partial charge < -0.3 is 5.73 Å². The van der Waals surface area contributed by atoms with E-state index in [1.54, 1.807) is 0 Å². The first-order valence-corrected chi connectivity index (χ1v) is 4.72. The van der Waals surface area contributed by atoms with Crippen LogP contribution in [0.2, 0.25) is 0 Å². The SMILES string of the molecule is CC(N)c1ccc2c(c1)CN(C)C2. The van der Waals surface area contributed by atoms with Crippen LogP contribution in [0.1, 0.15) is 29.7 Å². The molecule has 2 heteroatoms. The third-order valence-electron chi connectivity index (χ3n) is 2.64. The van der Waals surface area contributed by atoms with Gasteiger partial charge in [0.25, 0.3) is 0 Å². The summed E-state index contributed by atoms with van der Waals surface area (Å²) in [5.74, 6) is 0. The third-order valence-corrected chi connectivity index (χ3v) is 2.64. The number of hydrogen-bond acceptors (Lipinski definition) is 2. The summed E-state index contributed by atoms with van der Waals surface area (Å²) in [6.07, 6.45) is 0. The van der Waals surface area contributed by atoms with Crippen LogP contribution in [0.3, 0.4) is 0 Å². The summed E-state index contributed by atoms with van der Waals surface area (Å²) in [5.41, 5.74) is 9.97. The van der Waals surface area contributed by atoms with Crippen LogP contribution in [0.4, 0.5) is 0 Å². The summed E-state index contributed by atoms with van der Waals surface area (Å²) < 4.78 is 0. The molecule has 0 aliphatic carbocycles. The Hall–Kier alpha value is -0.860. The van der Waals surface area contributed by atoms with E-state index in [9.17, 15) is 0 Å². The summed E-state index contributed by atoms with van der Waals surface area (Å²) in [7, 11) is 2.14. The van der Waals surface area contributed by atoms with E-state index < -0.39 is 0 Å². The van der Waals surface area contributed by atoms with Gasteiger partial charge in [-0.15, -0.1) is 0 Å². The van der Waals surface area contributed by atoms with Gasteiger partial charge in [-0.1, -0.05) is 18.2 Å². The molecule has 1 atom stereocenters. The molecular formula is C11H16N2. The van der Waals surface area contributed by atoms with Gasteiger partial charge in [0.05, 0.1) is 0 Å². The summed E-state index contributed by atoms with van der Waals surface area (Å²) >= 11 is 0. The molecule has 0 radical (unpaired) electrons. The van der Waals surface area contributed by atoms with E-state index in [4.69, 9.17) is 5.73 Å². The molecule has 0 aromatic heterocycles. The molecule has 1 aromatic rings. The average molecular weight is 176 g/mol. The van der Waals surface area contributed by atoms with Crippen molar-refractivity contribution in [2.45, 2.75) is 26.1 Å². The van der Waals surface area contributed by atoms with E-state index in [1.165, 1.54) is 16.7 Å². The molecule has 1 aromatic carbocycles. The van der Waals surface area contributed by atoms with Crippen molar-refractivity contribution in [1.82, 2.24) is 4.90 Å². The van der Waals surface area contributed by atoms with E-state index in [2.05, 4.69) is 30.1 Å². The molecule has 2 rings (SSSR count). The predicted molar refractivity (Wildman–Crippen MR) is 54.2 cm³/mol. The number of fused-ring (bicyclic) bond motifs is 1.